The van der Waals surface area contributed by atoms with Gasteiger partial charge in [0.2, 0.25) is 5.91 Å². The third-order valence-corrected chi connectivity index (χ3v) is 4.84. The number of hydrogen-bond donors (Lipinski definition) is 1. The minimum atomic E-state index is -0.777. The summed E-state index contributed by atoms with van der Waals surface area (Å²) in [5.41, 5.74) is 1.83. The average Bonchev–Trinajstić information content (AvgIpc) is 2.87. The number of methoxy groups -OCH3 is 1. The van der Waals surface area contributed by atoms with Gasteiger partial charge in [0.25, 0.3) is 5.56 Å². The summed E-state index contributed by atoms with van der Waals surface area (Å²) in [5, 5.41) is 7.15. The second-order valence-corrected chi connectivity index (χ2v) is 6.55. The molecular weight excluding hydrogens is 361 g/mol. The van der Waals surface area contributed by atoms with Gasteiger partial charge >= 0.3 is 0 Å². The molecule has 1 N–H and O–H groups in total. The van der Waals surface area contributed by atoms with Crippen LogP contribution in [0.2, 0.25) is 0 Å². The van der Waals surface area contributed by atoms with Crippen LogP contribution in [-0.4, -0.2) is 22.8 Å². The lowest BCUT2D eigenvalue weighted by Gasteiger charge is -2.16. The van der Waals surface area contributed by atoms with Crippen molar-refractivity contribution in [2.24, 2.45) is 0 Å². The van der Waals surface area contributed by atoms with Crippen LogP contribution in [0.15, 0.2) is 59.4 Å². The van der Waals surface area contributed by atoms with Crippen LogP contribution < -0.4 is 15.6 Å². The van der Waals surface area contributed by atoms with E-state index in [2.05, 4.69) is 10.4 Å². The highest BCUT2D eigenvalue weighted by molar-refractivity contribution is 5.95. The predicted octanol–water partition coefficient (Wildman–Crippen LogP) is 3.18. The molecule has 1 aliphatic heterocycles. The average molecular weight is 379 g/mol. The van der Waals surface area contributed by atoms with E-state index in [4.69, 9.17) is 4.74 Å². The Bertz CT molecular complexity index is 1110. The highest BCUT2D eigenvalue weighted by Crippen LogP contribution is 2.27. The number of anilines is 1. The van der Waals surface area contributed by atoms with Crippen molar-refractivity contribution in [2.45, 2.75) is 18.9 Å². The zero-order valence-corrected chi connectivity index (χ0v) is 15.2. The Kier molecular flexibility index (Phi) is 4.65. The van der Waals surface area contributed by atoms with Gasteiger partial charge in [-0.2, -0.15) is 5.10 Å². The number of benzene rings is 2. The van der Waals surface area contributed by atoms with E-state index < -0.39 is 17.4 Å². The lowest BCUT2D eigenvalue weighted by Crippen LogP contribution is -2.34. The molecule has 0 saturated heterocycles. The minimum absolute atomic E-state index is 0.229. The first-order valence-electron chi connectivity index (χ1n) is 8.89. The summed E-state index contributed by atoms with van der Waals surface area (Å²) < 4.78 is 20.6. The molecule has 2 aromatic carbocycles. The van der Waals surface area contributed by atoms with Gasteiger partial charge in [-0.3, -0.25) is 9.59 Å². The van der Waals surface area contributed by atoms with Crippen molar-refractivity contribution in [3.8, 4) is 17.0 Å². The summed E-state index contributed by atoms with van der Waals surface area (Å²) in [6.07, 6.45) is 1.04. The first kappa shape index (κ1) is 17.9. The summed E-state index contributed by atoms with van der Waals surface area (Å²) >= 11 is 0. The summed E-state index contributed by atoms with van der Waals surface area (Å²) in [6.45, 7) is 0. The van der Waals surface area contributed by atoms with Crippen LogP contribution in [0, 0.1) is 5.82 Å². The smallest absolute Gasteiger partial charge is 0.267 e. The number of hydrogen-bond acceptors (Lipinski definition) is 4. The van der Waals surface area contributed by atoms with E-state index >= 15 is 0 Å². The van der Waals surface area contributed by atoms with Gasteiger partial charge in [-0.1, -0.05) is 18.2 Å². The Labute approximate surface area is 160 Å². The van der Waals surface area contributed by atoms with Gasteiger partial charge in [0, 0.05) is 23.4 Å². The molecule has 4 rings (SSSR count). The van der Waals surface area contributed by atoms with Gasteiger partial charge in [0.15, 0.2) is 0 Å². The molecule has 1 aliphatic rings. The Morgan fingerprint density at radius 1 is 1.14 bits per heavy atom. The van der Waals surface area contributed by atoms with Crippen LogP contribution >= 0.6 is 0 Å². The maximum Gasteiger partial charge on any atom is 0.267 e. The summed E-state index contributed by atoms with van der Waals surface area (Å²) in [6, 6.07) is 13.9. The molecule has 0 spiro atoms. The molecule has 0 radical (unpaired) electrons. The molecule has 2 heterocycles. The maximum absolute atomic E-state index is 14.4. The maximum atomic E-state index is 14.4. The molecule has 142 valence electrons. The Morgan fingerprint density at radius 2 is 1.96 bits per heavy atom. The SMILES string of the molecule is COc1ccc(-c2ccc(=O)n([C@@H]3CCc4ccccc4NC3=O)n2)c(F)c1. The molecule has 1 amide bonds. The standard InChI is InChI=1S/C21H18FN3O3/c1-28-14-7-8-15(16(22)12-14)18-9-11-20(26)25(24-18)19-10-6-13-4-2-3-5-17(13)23-21(19)27/h2-5,7-9,11-12,19H,6,10H2,1H3,(H,23,27)/t19-/m1/s1. The molecule has 1 atom stereocenters. The molecule has 0 saturated carbocycles. The van der Waals surface area contributed by atoms with E-state index in [0.29, 0.717) is 18.6 Å². The van der Waals surface area contributed by atoms with E-state index in [-0.39, 0.29) is 17.2 Å². The van der Waals surface area contributed by atoms with Crippen LogP contribution in [0.25, 0.3) is 11.3 Å². The summed E-state index contributed by atoms with van der Waals surface area (Å²) in [7, 11) is 1.45. The van der Waals surface area contributed by atoms with Crippen LogP contribution in [0.4, 0.5) is 10.1 Å². The fourth-order valence-electron chi connectivity index (χ4n) is 3.36. The molecule has 7 heteroatoms. The Hall–Kier alpha value is -3.48. The number of fused-ring (bicyclic) bond motifs is 1. The molecular formula is C21H18FN3O3. The number of aromatic nitrogens is 2. The number of carbonyl (C=O) groups is 1. The van der Waals surface area contributed by atoms with Crippen LogP contribution in [0.5, 0.6) is 5.75 Å². The number of nitrogens with one attached hydrogen (secondary N) is 1. The van der Waals surface area contributed by atoms with Crippen molar-refractivity contribution in [1.29, 1.82) is 0 Å². The first-order valence-corrected chi connectivity index (χ1v) is 8.89. The highest BCUT2D eigenvalue weighted by Gasteiger charge is 2.27. The van der Waals surface area contributed by atoms with Crippen molar-refractivity contribution in [3.05, 3.63) is 76.3 Å². The molecule has 1 aromatic heterocycles. The van der Waals surface area contributed by atoms with Crippen molar-refractivity contribution < 1.29 is 13.9 Å². The van der Waals surface area contributed by atoms with Crippen LogP contribution in [-0.2, 0) is 11.2 Å². The van der Waals surface area contributed by atoms with Crippen molar-refractivity contribution >= 4 is 11.6 Å². The van der Waals surface area contributed by atoms with Gasteiger partial charge in [0.1, 0.15) is 17.6 Å². The number of para-hydroxylation sites is 1. The summed E-state index contributed by atoms with van der Waals surface area (Å²) in [5.74, 6) is -0.447. The van der Waals surface area contributed by atoms with E-state index in [0.717, 1.165) is 15.9 Å². The monoisotopic (exact) mass is 379 g/mol. The zero-order chi connectivity index (χ0) is 19.7. The predicted molar refractivity (Wildman–Crippen MR) is 103 cm³/mol. The van der Waals surface area contributed by atoms with Gasteiger partial charge in [-0.05, 0) is 42.7 Å². The number of ether oxygens (including phenoxy) is 1. The van der Waals surface area contributed by atoms with Gasteiger partial charge in [0.05, 0.1) is 12.8 Å². The van der Waals surface area contributed by atoms with E-state index in [1.54, 1.807) is 6.07 Å². The zero-order valence-electron chi connectivity index (χ0n) is 15.2. The van der Waals surface area contributed by atoms with Crippen molar-refractivity contribution in [3.63, 3.8) is 0 Å². The fourth-order valence-corrected chi connectivity index (χ4v) is 3.36. The van der Waals surface area contributed by atoms with Crippen molar-refractivity contribution in [1.82, 2.24) is 9.78 Å². The quantitative estimate of drug-likeness (QED) is 0.759. The van der Waals surface area contributed by atoms with E-state index in [9.17, 15) is 14.0 Å². The third kappa shape index (κ3) is 3.26. The fraction of sp³-hybridized carbons (Fsp3) is 0.190. The van der Waals surface area contributed by atoms with E-state index in [1.165, 1.54) is 31.4 Å². The molecule has 28 heavy (non-hydrogen) atoms. The third-order valence-electron chi connectivity index (χ3n) is 4.84. The second kappa shape index (κ2) is 7.26. The van der Waals surface area contributed by atoms with Gasteiger partial charge < -0.3 is 10.1 Å². The summed E-state index contributed by atoms with van der Waals surface area (Å²) in [4.78, 5) is 25.2. The molecule has 0 bridgehead atoms. The van der Waals surface area contributed by atoms with Crippen molar-refractivity contribution in [2.75, 3.05) is 12.4 Å². The van der Waals surface area contributed by atoms with Gasteiger partial charge in [-0.15, -0.1) is 0 Å². The first-order chi connectivity index (χ1) is 13.6. The number of amides is 1. The Morgan fingerprint density at radius 3 is 2.75 bits per heavy atom. The number of carbonyl (C=O) groups excluding carboxylic acids is 1. The van der Waals surface area contributed by atoms with E-state index in [1.807, 2.05) is 24.3 Å². The lowest BCUT2D eigenvalue weighted by atomic mass is 10.1. The van der Waals surface area contributed by atoms with Crippen LogP contribution in [0.1, 0.15) is 18.0 Å². The molecule has 3 aromatic rings. The molecule has 0 unspecified atom stereocenters. The van der Waals surface area contributed by atoms with Gasteiger partial charge in [-0.25, -0.2) is 9.07 Å². The molecule has 0 fully saturated rings. The second-order valence-electron chi connectivity index (χ2n) is 6.55. The topological polar surface area (TPSA) is 73.2 Å². The Balaban J connectivity index is 1.72. The number of halogens is 1. The number of aryl methyl sites for hydroxylation is 1. The molecule has 6 nitrogen and oxygen atoms in total. The minimum Gasteiger partial charge on any atom is -0.497 e. The number of nitrogens with zero attached hydrogens (tertiary/aromatic N) is 2. The van der Waals surface area contributed by atoms with Crippen LogP contribution in [0.3, 0.4) is 0 Å². The highest BCUT2D eigenvalue weighted by atomic mass is 19.1. The lowest BCUT2D eigenvalue weighted by molar-refractivity contribution is -0.119. The molecule has 0 aliphatic carbocycles. The number of rotatable bonds is 3. The normalized spacial score (nSPS) is 16.1. The largest absolute Gasteiger partial charge is 0.497 e.